The van der Waals surface area contributed by atoms with Crippen LogP contribution >= 0.6 is 0 Å². The summed E-state index contributed by atoms with van der Waals surface area (Å²) in [6.07, 6.45) is 10.7. The van der Waals surface area contributed by atoms with Crippen LogP contribution < -0.4 is 0 Å². The Balaban J connectivity index is 1.99. The summed E-state index contributed by atoms with van der Waals surface area (Å²) in [7, 11) is 0. The van der Waals surface area contributed by atoms with Crippen molar-refractivity contribution in [2.45, 2.75) is 32.6 Å². The first-order valence-electron chi connectivity index (χ1n) is 5.06. The van der Waals surface area contributed by atoms with Crippen molar-refractivity contribution in [3.05, 3.63) is 24.2 Å². The van der Waals surface area contributed by atoms with Gasteiger partial charge in [0, 0.05) is 6.08 Å². The highest BCUT2D eigenvalue weighted by Crippen LogP contribution is 2.07. The van der Waals surface area contributed by atoms with Crippen molar-refractivity contribution in [3.8, 4) is 0 Å². The highest BCUT2D eigenvalue weighted by molar-refractivity contribution is 5.07. The van der Waals surface area contributed by atoms with Crippen molar-refractivity contribution in [1.29, 1.82) is 0 Å². The molecule has 0 saturated heterocycles. The van der Waals surface area contributed by atoms with Gasteiger partial charge in [-0.3, -0.25) is 0 Å². The molecule has 0 aromatic rings. The molecule has 1 rings (SSSR count). The van der Waals surface area contributed by atoms with Crippen LogP contribution in [0.5, 0.6) is 0 Å². The molecule has 2 heteroatoms. The Labute approximate surface area is 80.2 Å². The summed E-state index contributed by atoms with van der Waals surface area (Å²) < 4.78 is 10.7. The fourth-order valence-electron chi connectivity index (χ4n) is 1.17. The van der Waals surface area contributed by atoms with E-state index in [1.54, 1.807) is 0 Å². The summed E-state index contributed by atoms with van der Waals surface area (Å²) in [5, 5.41) is 0. The van der Waals surface area contributed by atoms with E-state index in [1.165, 1.54) is 19.3 Å². The Kier molecular flexibility index (Phi) is 5.14. The van der Waals surface area contributed by atoms with Gasteiger partial charge in [-0.25, -0.2) is 0 Å². The second-order valence-corrected chi connectivity index (χ2v) is 3.13. The van der Waals surface area contributed by atoms with E-state index in [4.69, 9.17) is 9.47 Å². The van der Waals surface area contributed by atoms with Crippen LogP contribution in [0.2, 0.25) is 0 Å². The van der Waals surface area contributed by atoms with E-state index in [0.717, 1.165) is 13.0 Å². The minimum absolute atomic E-state index is 0.640. The molecule has 0 aromatic carbocycles. The molecule has 0 bridgehead atoms. The molecule has 0 unspecified atom stereocenters. The van der Waals surface area contributed by atoms with Crippen molar-refractivity contribution in [3.63, 3.8) is 0 Å². The lowest BCUT2D eigenvalue weighted by molar-refractivity contribution is 0.0432. The summed E-state index contributed by atoms with van der Waals surface area (Å²) in [4.78, 5) is 0. The van der Waals surface area contributed by atoms with Crippen molar-refractivity contribution < 1.29 is 9.47 Å². The molecule has 2 nitrogen and oxygen atoms in total. The SMILES string of the molecule is CCCCCCOC1=CC=CCO1. The Bertz CT molecular complexity index is 183. The van der Waals surface area contributed by atoms with Gasteiger partial charge < -0.3 is 9.47 Å². The first-order chi connectivity index (χ1) is 6.43. The average Bonchev–Trinajstić information content (AvgIpc) is 2.19. The third kappa shape index (κ3) is 4.61. The van der Waals surface area contributed by atoms with Crippen LogP contribution in [0, 0.1) is 0 Å². The summed E-state index contributed by atoms with van der Waals surface area (Å²) >= 11 is 0. The molecule has 0 aromatic heterocycles. The third-order valence-corrected chi connectivity index (χ3v) is 1.93. The molecule has 0 atom stereocenters. The fourth-order valence-corrected chi connectivity index (χ4v) is 1.17. The number of hydrogen-bond acceptors (Lipinski definition) is 2. The molecule has 0 radical (unpaired) electrons. The van der Waals surface area contributed by atoms with Crippen molar-refractivity contribution in [2.24, 2.45) is 0 Å². The molecule has 1 aliphatic heterocycles. The van der Waals surface area contributed by atoms with Crippen LogP contribution in [0.3, 0.4) is 0 Å². The molecule has 0 aliphatic carbocycles. The Morgan fingerprint density at radius 3 is 3.00 bits per heavy atom. The highest BCUT2D eigenvalue weighted by Gasteiger charge is 1.99. The number of ether oxygens (including phenoxy) is 2. The van der Waals surface area contributed by atoms with E-state index in [1.807, 2.05) is 18.2 Å². The van der Waals surface area contributed by atoms with Gasteiger partial charge in [0.1, 0.15) is 6.61 Å². The van der Waals surface area contributed by atoms with E-state index in [2.05, 4.69) is 6.92 Å². The van der Waals surface area contributed by atoms with Gasteiger partial charge in [-0.2, -0.15) is 0 Å². The maximum Gasteiger partial charge on any atom is 0.279 e. The minimum atomic E-state index is 0.640. The second-order valence-electron chi connectivity index (χ2n) is 3.13. The van der Waals surface area contributed by atoms with E-state index >= 15 is 0 Å². The number of rotatable bonds is 6. The lowest BCUT2D eigenvalue weighted by Crippen LogP contribution is -2.02. The minimum Gasteiger partial charge on any atom is -0.465 e. The van der Waals surface area contributed by atoms with Gasteiger partial charge in [0.15, 0.2) is 0 Å². The standard InChI is InChI=1S/C11H18O2/c1-2-3-4-6-9-12-11-8-5-7-10-13-11/h5,7-8H,2-4,6,9-10H2,1H3. The first kappa shape index (κ1) is 10.2. The number of allylic oxidation sites excluding steroid dienone is 2. The summed E-state index contributed by atoms with van der Waals surface area (Å²) in [6.45, 7) is 3.62. The van der Waals surface area contributed by atoms with Gasteiger partial charge in [0.25, 0.3) is 5.95 Å². The Hall–Kier alpha value is -0.920. The maximum absolute atomic E-state index is 5.42. The molecule has 13 heavy (non-hydrogen) atoms. The van der Waals surface area contributed by atoms with Crippen molar-refractivity contribution in [1.82, 2.24) is 0 Å². The Morgan fingerprint density at radius 1 is 1.38 bits per heavy atom. The topological polar surface area (TPSA) is 18.5 Å². The van der Waals surface area contributed by atoms with Crippen LogP contribution in [0.25, 0.3) is 0 Å². The van der Waals surface area contributed by atoms with Crippen LogP contribution in [0.4, 0.5) is 0 Å². The predicted octanol–water partition coefficient (Wildman–Crippen LogP) is 3.01. The largest absolute Gasteiger partial charge is 0.465 e. The Morgan fingerprint density at radius 2 is 2.31 bits per heavy atom. The predicted molar refractivity (Wildman–Crippen MR) is 53.3 cm³/mol. The van der Waals surface area contributed by atoms with E-state index in [0.29, 0.717) is 12.6 Å². The van der Waals surface area contributed by atoms with E-state index in [-0.39, 0.29) is 0 Å². The van der Waals surface area contributed by atoms with Crippen molar-refractivity contribution in [2.75, 3.05) is 13.2 Å². The zero-order chi connectivity index (χ0) is 9.36. The van der Waals surface area contributed by atoms with Crippen LogP contribution in [-0.2, 0) is 9.47 Å². The molecule has 1 aliphatic rings. The van der Waals surface area contributed by atoms with Crippen molar-refractivity contribution >= 4 is 0 Å². The van der Waals surface area contributed by atoms with Gasteiger partial charge >= 0.3 is 0 Å². The summed E-state index contributed by atoms with van der Waals surface area (Å²) in [5.41, 5.74) is 0. The first-order valence-corrected chi connectivity index (χ1v) is 5.06. The normalized spacial score (nSPS) is 15.0. The molecule has 0 spiro atoms. The van der Waals surface area contributed by atoms with Gasteiger partial charge in [-0.1, -0.05) is 32.3 Å². The van der Waals surface area contributed by atoms with Gasteiger partial charge in [0.05, 0.1) is 6.61 Å². The van der Waals surface area contributed by atoms with E-state index < -0.39 is 0 Å². The van der Waals surface area contributed by atoms with Gasteiger partial charge in [-0.05, 0) is 12.5 Å². The molecule has 0 saturated carbocycles. The third-order valence-electron chi connectivity index (χ3n) is 1.93. The highest BCUT2D eigenvalue weighted by atomic mass is 16.7. The fraction of sp³-hybridized carbons (Fsp3) is 0.636. The molecule has 0 N–H and O–H groups in total. The lowest BCUT2D eigenvalue weighted by Gasteiger charge is -2.12. The van der Waals surface area contributed by atoms with Gasteiger partial charge in [-0.15, -0.1) is 0 Å². The quantitative estimate of drug-likeness (QED) is 0.588. The molecular weight excluding hydrogens is 164 g/mol. The van der Waals surface area contributed by atoms with Crippen LogP contribution in [0.1, 0.15) is 32.6 Å². The molecule has 0 fully saturated rings. The summed E-state index contributed by atoms with van der Waals surface area (Å²) in [6, 6.07) is 0. The van der Waals surface area contributed by atoms with Gasteiger partial charge in [0.2, 0.25) is 0 Å². The lowest BCUT2D eigenvalue weighted by atomic mass is 10.2. The second kappa shape index (κ2) is 6.58. The summed E-state index contributed by atoms with van der Waals surface area (Å²) in [5.74, 6) is 0.666. The molecule has 0 amide bonds. The van der Waals surface area contributed by atoms with E-state index in [9.17, 15) is 0 Å². The maximum atomic E-state index is 5.42. The molecule has 1 heterocycles. The van der Waals surface area contributed by atoms with Crippen LogP contribution in [0.15, 0.2) is 24.2 Å². The van der Waals surface area contributed by atoms with Crippen LogP contribution in [-0.4, -0.2) is 13.2 Å². The average molecular weight is 182 g/mol. The number of unbranched alkanes of at least 4 members (excludes halogenated alkanes) is 3. The zero-order valence-corrected chi connectivity index (χ0v) is 8.29. The number of hydrogen-bond donors (Lipinski definition) is 0. The molecular formula is C11H18O2. The smallest absolute Gasteiger partial charge is 0.279 e. The molecule has 74 valence electrons. The monoisotopic (exact) mass is 182 g/mol. The zero-order valence-electron chi connectivity index (χ0n) is 8.29.